The smallest absolute Gasteiger partial charge is 0.411 e. The second kappa shape index (κ2) is 17.0. The van der Waals surface area contributed by atoms with Crippen LogP contribution in [0.4, 0.5) is 23.8 Å². The molecule has 4 heterocycles. The molecular weight excluding hydrogens is 838 g/mol. The number of sulfonamides is 1. The van der Waals surface area contributed by atoms with E-state index in [0.717, 1.165) is 4.90 Å². The van der Waals surface area contributed by atoms with Gasteiger partial charge >= 0.3 is 12.3 Å². The Morgan fingerprint density at radius 1 is 1.08 bits per heavy atom. The number of pyridine rings is 1. The van der Waals surface area contributed by atoms with E-state index in [4.69, 9.17) is 19.2 Å². The van der Waals surface area contributed by atoms with Crippen molar-refractivity contribution in [2.24, 2.45) is 17.8 Å². The first-order chi connectivity index (χ1) is 29.2. The maximum Gasteiger partial charge on any atom is 0.411 e. The molecule has 2 aliphatic carbocycles. The molecule has 340 valence electrons. The molecule has 3 N–H and O–H groups in total. The molecule has 7 atom stereocenters. The first kappa shape index (κ1) is 45.2. The van der Waals surface area contributed by atoms with Crippen molar-refractivity contribution in [1.82, 2.24) is 24.8 Å². The van der Waals surface area contributed by atoms with Gasteiger partial charge in [-0.15, -0.1) is 0 Å². The molecule has 1 aromatic heterocycles. The standard InChI is InChI=1S/C42H55F3N6O10S/c1-24-8-6-7-9-27-22-41(27,38(54)48-62(57,58)30-11-12-30)47-35(52)32-21-29(23-50(32)37(53)34(25(2)18-24)51(39(55)56)40(3,4)42(43,44)45)61-36-31-13-10-28(59-5)19-26(31)20-33(46-36)49-14-16-60-17-15-49/h7,9-10,13,19-20,24-25,27,29-30,32,34H,6,8,11-12,14-18,21-23H2,1-5H3,(H,47,52)(H,48,54)(H,55,56)/t24-,25+,27+,29+,32-,34-,41+/m0/s1. The summed E-state index contributed by atoms with van der Waals surface area (Å²) in [4.78, 5) is 64.9. The van der Waals surface area contributed by atoms with E-state index in [1.807, 2.05) is 24.0 Å². The molecule has 4 amide bonds. The number of morpholine rings is 1. The number of benzene rings is 1. The normalized spacial score (nSPS) is 28.8. The summed E-state index contributed by atoms with van der Waals surface area (Å²) in [7, 11) is -2.51. The van der Waals surface area contributed by atoms with Gasteiger partial charge in [0.15, 0.2) is 0 Å². The molecule has 16 nitrogen and oxygen atoms in total. The van der Waals surface area contributed by atoms with Crippen molar-refractivity contribution in [1.29, 1.82) is 0 Å². The van der Waals surface area contributed by atoms with Gasteiger partial charge in [0, 0.05) is 30.8 Å². The molecule has 2 saturated heterocycles. The van der Waals surface area contributed by atoms with Crippen molar-refractivity contribution in [3.8, 4) is 11.6 Å². The number of amides is 4. The third kappa shape index (κ3) is 8.99. The number of alkyl halides is 3. The lowest BCUT2D eigenvalue weighted by atomic mass is 9.85. The fourth-order valence-corrected chi connectivity index (χ4v) is 10.4. The number of carboxylic acid groups (broad SMARTS) is 1. The first-order valence-electron chi connectivity index (χ1n) is 21.1. The first-order valence-corrected chi connectivity index (χ1v) is 22.6. The average molecular weight is 893 g/mol. The van der Waals surface area contributed by atoms with E-state index in [1.165, 1.54) is 14.0 Å². The van der Waals surface area contributed by atoms with Gasteiger partial charge in [0.2, 0.25) is 27.7 Å². The Labute approximate surface area is 358 Å². The van der Waals surface area contributed by atoms with Gasteiger partial charge < -0.3 is 34.4 Å². The number of nitrogens with zero attached hydrogens (tertiary/aromatic N) is 4. The van der Waals surface area contributed by atoms with Gasteiger partial charge in [-0.05, 0) is 93.9 Å². The Morgan fingerprint density at radius 3 is 2.44 bits per heavy atom. The van der Waals surface area contributed by atoms with E-state index in [-0.39, 0.29) is 42.5 Å². The van der Waals surface area contributed by atoms with E-state index in [9.17, 15) is 41.1 Å². The van der Waals surface area contributed by atoms with E-state index in [1.54, 1.807) is 24.3 Å². The van der Waals surface area contributed by atoms with Gasteiger partial charge in [-0.3, -0.25) is 24.0 Å². The highest BCUT2D eigenvalue weighted by molar-refractivity contribution is 7.91. The van der Waals surface area contributed by atoms with Gasteiger partial charge in [-0.1, -0.05) is 26.0 Å². The van der Waals surface area contributed by atoms with E-state index < -0.39 is 86.4 Å². The molecule has 62 heavy (non-hydrogen) atoms. The largest absolute Gasteiger partial charge is 0.497 e. The van der Waals surface area contributed by atoms with Crippen LogP contribution in [-0.4, -0.2) is 133 Å². The van der Waals surface area contributed by atoms with Crippen molar-refractivity contribution in [2.75, 3.05) is 44.9 Å². The highest BCUT2D eigenvalue weighted by Gasteiger charge is 2.63. The zero-order valence-electron chi connectivity index (χ0n) is 35.4. The number of fused-ring (bicyclic) bond motifs is 3. The van der Waals surface area contributed by atoms with Gasteiger partial charge in [-0.2, -0.15) is 18.2 Å². The molecule has 2 saturated carbocycles. The number of hydrogen-bond acceptors (Lipinski definition) is 11. The molecule has 0 spiro atoms. The van der Waals surface area contributed by atoms with E-state index in [0.29, 0.717) is 88.2 Å². The van der Waals surface area contributed by atoms with Gasteiger partial charge in [0.05, 0.1) is 32.1 Å². The lowest BCUT2D eigenvalue weighted by molar-refractivity contribution is -0.222. The Kier molecular flexibility index (Phi) is 12.4. The molecular formula is C42H55F3N6O10S. The summed E-state index contributed by atoms with van der Waals surface area (Å²) in [5.74, 6) is -3.36. The summed E-state index contributed by atoms with van der Waals surface area (Å²) in [6.07, 6.45) is -2.81. The number of nitrogens with one attached hydrogen (secondary N) is 2. The minimum Gasteiger partial charge on any atom is -0.497 e. The van der Waals surface area contributed by atoms with E-state index >= 15 is 4.79 Å². The molecule has 20 heteroatoms. The van der Waals surface area contributed by atoms with Crippen LogP contribution in [0, 0.1) is 17.8 Å². The van der Waals surface area contributed by atoms with Gasteiger partial charge in [-0.25, -0.2) is 13.2 Å². The van der Waals surface area contributed by atoms with Crippen LogP contribution >= 0.6 is 0 Å². The summed E-state index contributed by atoms with van der Waals surface area (Å²) in [5, 5.41) is 13.8. The van der Waals surface area contributed by atoms with Crippen LogP contribution in [0.25, 0.3) is 10.8 Å². The van der Waals surface area contributed by atoms with Crippen LogP contribution in [0.15, 0.2) is 36.4 Å². The molecule has 0 bridgehead atoms. The Hall–Kier alpha value is -4.85. The lowest BCUT2D eigenvalue weighted by Crippen LogP contribution is -2.66. The van der Waals surface area contributed by atoms with Gasteiger partial charge in [0.1, 0.15) is 40.8 Å². The lowest BCUT2D eigenvalue weighted by Gasteiger charge is -2.45. The fourth-order valence-electron chi connectivity index (χ4n) is 9.00. The molecule has 3 aliphatic heterocycles. The van der Waals surface area contributed by atoms with Crippen LogP contribution in [0.2, 0.25) is 0 Å². The van der Waals surface area contributed by atoms with Crippen LogP contribution in [0.5, 0.6) is 11.6 Å². The number of rotatable bonds is 9. The quantitative estimate of drug-likeness (QED) is 0.296. The number of ether oxygens (including phenoxy) is 3. The number of carbonyl (C=O) groups is 4. The van der Waals surface area contributed by atoms with Crippen molar-refractivity contribution < 1.29 is 60.1 Å². The number of hydrogen-bond donors (Lipinski definition) is 3. The number of methoxy groups -OCH3 is 1. The third-order valence-electron chi connectivity index (χ3n) is 13.0. The van der Waals surface area contributed by atoms with Crippen molar-refractivity contribution >= 4 is 50.4 Å². The van der Waals surface area contributed by atoms with Crippen LogP contribution < -0.4 is 24.4 Å². The summed E-state index contributed by atoms with van der Waals surface area (Å²) < 4.78 is 90.1. The predicted octanol–water partition coefficient (Wildman–Crippen LogP) is 4.61. The number of halogens is 3. The fraction of sp³-hybridized carbons (Fsp3) is 0.643. The highest BCUT2D eigenvalue weighted by atomic mass is 32.2. The molecule has 0 radical (unpaired) electrons. The summed E-state index contributed by atoms with van der Waals surface area (Å²) in [6.45, 7) is 6.42. The molecule has 7 rings (SSSR count). The summed E-state index contributed by atoms with van der Waals surface area (Å²) >= 11 is 0. The minimum atomic E-state index is -5.10. The van der Waals surface area contributed by atoms with Crippen LogP contribution in [-0.2, 0) is 29.1 Å². The maximum absolute atomic E-state index is 15.2. The maximum atomic E-state index is 15.2. The Morgan fingerprint density at radius 2 is 1.79 bits per heavy atom. The summed E-state index contributed by atoms with van der Waals surface area (Å²) in [5.41, 5.74) is -4.76. The molecule has 1 aromatic carbocycles. The highest BCUT2D eigenvalue weighted by Crippen LogP contribution is 2.47. The van der Waals surface area contributed by atoms with Crippen LogP contribution in [0.3, 0.4) is 0 Å². The zero-order valence-corrected chi connectivity index (χ0v) is 36.3. The van der Waals surface area contributed by atoms with Crippen molar-refractivity contribution in [3.05, 3.63) is 36.4 Å². The monoisotopic (exact) mass is 892 g/mol. The van der Waals surface area contributed by atoms with Gasteiger partial charge in [0.25, 0.3) is 5.91 Å². The van der Waals surface area contributed by atoms with Crippen LogP contribution in [0.1, 0.15) is 72.6 Å². The average Bonchev–Trinajstić information content (AvgIpc) is 4.14. The molecule has 0 unspecified atom stereocenters. The second-order valence-corrected chi connectivity index (χ2v) is 19.8. The SMILES string of the molecule is COc1ccc2c(O[C@@H]3C[C@H]4C(=O)N[C@]5(C(=O)NS(=O)(=O)C6CC6)C[C@H]5C=CCC[C@H](C)C[C@@H](C)[C@H](N(C(=O)O)C(C)(C)C(F)(F)F)C(=O)N4C3)nc(N3CCOCC3)cc2c1. The summed E-state index contributed by atoms with van der Waals surface area (Å²) in [6, 6.07) is 3.73. The zero-order chi connectivity index (χ0) is 44.9. The minimum absolute atomic E-state index is 0.0529. The number of anilines is 1. The Bertz CT molecular complexity index is 2220. The molecule has 2 aromatic rings. The Balaban J connectivity index is 1.30. The third-order valence-corrected chi connectivity index (χ3v) is 14.8. The number of aromatic nitrogens is 1. The molecule has 5 aliphatic rings. The molecule has 4 fully saturated rings. The van der Waals surface area contributed by atoms with E-state index in [2.05, 4.69) is 10.0 Å². The van der Waals surface area contributed by atoms with Crippen molar-refractivity contribution in [2.45, 2.75) is 113 Å². The number of carbonyl (C=O) groups excluding carboxylic acids is 3. The number of allylic oxidation sites excluding steroid dienone is 1. The second-order valence-electron chi connectivity index (χ2n) is 17.9. The predicted molar refractivity (Wildman–Crippen MR) is 220 cm³/mol. The topological polar surface area (TPSA) is 197 Å². The van der Waals surface area contributed by atoms with Crippen molar-refractivity contribution in [3.63, 3.8) is 0 Å².